The third kappa shape index (κ3) is 3.19. The van der Waals surface area contributed by atoms with E-state index in [9.17, 15) is 4.79 Å². The monoisotopic (exact) mass is 348 g/mol. The molecule has 1 fully saturated rings. The number of carbonyl (C=O) groups excluding carboxylic acids is 1. The van der Waals surface area contributed by atoms with Crippen LogP contribution in [0.1, 0.15) is 10.6 Å². The van der Waals surface area contributed by atoms with Gasteiger partial charge < -0.3 is 14.2 Å². The molecule has 1 aromatic carbocycles. The first-order chi connectivity index (χ1) is 10.1. The van der Waals surface area contributed by atoms with E-state index in [-0.39, 0.29) is 5.91 Å². The molecule has 1 saturated heterocycles. The summed E-state index contributed by atoms with van der Waals surface area (Å²) < 4.78 is 6.75. The highest BCUT2D eigenvalue weighted by atomic mass is 79.9. The quantitative estimate of drug-likeness (QED) is 0.836. The van der Waals surface area contributed by atoms with E-state index in [1.54, 1.807) is 6.07 Å². The van der Waals surface area contributed by atoms with Crippen molar-refractivity contribution in [1.29, 1.82) is 0 Å². The first-order valence-corrected chi connectivity index (χ1v) is 7.76. The fourth-order valence-electron chi connectivity index (χ4n) is 2.39. The van der Waals surface area contributed by atoms with Crippen LogP contribution in [0.4, 0.5) is 0 Å². The lowest BCUT2D eigenvalue weighted by Crippen LogP contribution is -2.47. The average molecular weight is 349 g/mol. The Morgan fingerprint density at radius 1 is 1.05 bits per heavy atom. The first kappa shape index (κ1) is 14.4. The van der Waals surface area contributed by atoms with Gasteiger partial charge >= 0.3 is 0 Å². The fraction of sp³-hybridized carbons (Fsp3) is 0.312. The lowest BCUT2D eigenvalue weighted by molar-refractivity contribution is 0.0633. The zero-order valence-corrected chi connectivity index (χ0v) is 13.5. The lowest BCUT2D eigenvalue weighted by atomic mass is 10.2. The SMILES string of the molecule is CN1CCN(C(=O)c2ccc(-c3ccc(Br)cc3)o2)CC1. The zero-order valence-electron chi connectivity index (χ0n) is 11.9. The van der Waals surface area contributed by atoms with Crippen molar-refractivity contribution in [3.63, 3.8) is 0 Å². The molecule has 0 spiro atoms. The Bertz CT molecular complexity index is 628. The number of rotatable bonds is 2. The van der Waals surface area contributed by atoms with Crippen LogP contribution >= 0.6 is 15.9 Å². The summed E-state index contributed by atoms with van der Waals surface area (Å²) in [4.78, 5) is 16.5. The molecule has 1 aromatic heterocycles. The number of carbonyl (C=O) groups is 1. The molecule has 0 N–H and O–H groups in total. The van der Waals surface area contributed by atoms with Gasteiger partial charge in [-0.25, -0.2) is 0 Å². The number of piperazine rings is 1. The molecule has 1 amide bonds. The van der Waals surface area contributed by atoms with Crippen LogP contribution in [-0.2, 0) is 0 Å². The molecule has 4 nitrogen and oxygen atoms in total. The maximum Gasteiger partial charge on any atom is 0.289 e. The van der Waals surface area contributed by atoms with Crippen molar-refractivity contribution < 1.29 is 9.21 Å². The van der Waals surface area contributed by atoms with Crippen molar-refractivity contribution in [2.24, 2.45) is 0 Å². The smallest absolute Gasteiger partial charge is 0.289 e. The number of amides is 1. The lowest BCUT2D eigenvalue weighted by Gasteiger charge is -2.31. The molecule has 1 aliphatic rings. The summed E-state index contributed by atoms with van der Waals surface area (Å²) in [6, 6.07) is 11.5. The maximum atomic E-state index is 12.4. The van der Waals surface area contributed by atoms with Gasteiger partial charge in [0.2, 0.25) is 0 Å². The van der Waals surface area contributed by atoms with E-state index in [1.807, 2.05) is 35.2 Å². The molecule has 0 radical (unpaired) electrons. The molecule has 2 aromatic rings. The van der Waals surface area contributed by atoms with Crippen molar-refractivity contribution in [2.75, 3.05) is 33.2 Å². The molecule has 110 valence electrons. The van der Waals surface area contributed by atoms with E-state index >= 15 is 0 Å². The van der Waals surface area contributed by atoms with Crippen LogP contribution < -0.4 is 0 Å². The van der Waals surface area contributed by atoms with Crippen molar-refractivity contribution >= 4 is 21.8 Å². The summed E-state index contributed by atoms with van der Waals surface area (Å²) in [5.41, 5.74) is 0.968. The predicted molar refractivity (Wildman–Crippen MR) is 85.2 cm³/mol. The van der Waals surface area contributed by atoms with E-state index in [0.29, 0.717) is 5.76 Å². The summed E-state index contributed by atoms with van der Waals surface area (Å²) in [5, 5.41) is 0. The van der Waals surface area contributed by atoms with Gasteiger partial charge in [0, 0.05) is 36.2 Å². The van der Waals surface area contributed by atoms with Crippen LogP contribution in [0, 0.1) is 0 Å². The number of benzene rings is 1. The van der Waals surface area contributed by atoms with Gasteiger partial charge in [0.25, 0.3) is 5.91 Å². The largest absolute Gasteiger partial charge is 0.451 e. The van der Waals surface area contributed by atoms with E-state index in [1.165, 1.54) is 0 Å². The van der Waals surface area contributed by atoms with Crippen molar-refractivity contribution in [3.8, 4) is 11.3 Å². The van der Waals surface area contributed by atoms with Crippen molar-refractivity contribution in [2.45, 2.75) is 0 Å². The van der Waals surface area contributed by atoms with Gasteiger partial charge in [0.15, 0.2) is 5.76 Å². The standard InChI is InChI=1S/C16H17BrN2O2/c1-18-8-10-19(11-9-18)16(20)15-7-6-14(21-15)12-2-4-13(17)5-3-12/h2-7H,8-11H2,1H3. The third-order valence-corrected chi connectivity index (χ3v) is 4.26. The van der Waals surface area contributed by atoms with Crippen LogP contribution in [0.25, 0.3) is 11.3 Å². The number of furan rings is 1. The Labute approximate surface area is 132 Å². The minimum absolute atomic E-state index is 0.0218. The summed E-state index contributed by atoms with van der Waals surface area (Å²) >= 11 is 3.41. The van der Waals surface area contributed by atoms with Gasteiger partial charge in [-0.1, -0.05) is 28.1 Å². The van der Waals surface area contributed by atoms with Gasteiger partial charge in [0.1, 0.15) is 5.76 Å². The molecule has 0 unspecified atom stereocenters. The van der Waals surface area contributed by atoms with Crippen LogP contribution in [-0.4, -0.2) is 48.9 Å². The predicted octanol–water partition coefficient (Wildman–Crippen LogP) is 3.10. The maximum absolute atomic E-state index is 12.4. The molecule has 1 aliphatic heterocycles. The van der Waals surface area contributed by atoms with Gasteiger partial charge in [-0.05, 0) is 31.3 Å². The fourth-order valence-corrected chi connectivity index (χ4v) is 2.65. The number of hydrogen-bond acceptors (Lipinski definition) is 3. The molecule has 2 heterocycles. The Kier molecular flexibility index (Phi) is 4.12. The Hall–Kier alpha value is -1.59. The Morgan fingerprint density at radius 3 is 2.38 bits per heavy atom. The highest BCUT2D eigenvalue weighted by Gasteiger charge is 2.22. The molecule has 3 rings (SSSR count). The molecule has 0 aliphatic carbocycles. The van der Waals surface area contributed by atoms with Gasteiger partial charge in [-0.3, -0.25) is 4.79 Å². The third-order valence-electron chi connectivity index (χ3n) is 3.74. The van der Waals surface area contributed by atoms with Crippen LogP contribution in [0.2, 0.25) is 0 Å². The Balaban J connectivity index is 1.75. The highest BCUT2D eigenvalue weighted by Crippen LogP contribution is 2.24. The summed E-state index contributed by atoms with van der Waals surface area (Å²) in [5.74, 6) is 1.11. The normalized spacial score (nSPS) is 16.2. The van der Waals surface area contributed by atoms with Gasteiger partial charge in [-0.2, -0.15) is 0 Å². The number of hydrogen-bond donors (Lipinski definition) is 0. The molecular weight excluding hydrogens is 332 g/mol. The summed E-state index contributed by atoms with van der Waals surface area (Å²) in [6.07, 6.45) is 0. The summed E-state index contributed by atoms with van der Waals surface area (Å²) in [6.45, 7) is 3.32. The van der Waals surface area contributed by atoms with Gasteiger partial charge in [-0.15, -0.1) is 0 Å². The Morgan fingerprint density at radius 2 is 1.71 bits per heavy atom. The van der Waals surface area contributed by atoms with Crippen molar-refractivity contribution in [1.82, 2.24) is 9.80 Å². The highest BCUT2D eigenvalue weighted by molar-refractivity contribution is 9.10. The second-order valence-electron chi connectivity index (χ2n) is 5.27. The second-order valence-corrected chi connectivity index (χ2v) is 6.18. The van der Waals surface area contributed by atoms with E-state index in [4.69, 9.17) is 4.42 Å². The van der Waals surface area contributed by atoms with Crippen LogP contribution in [0.5, 0.6) is 0 Å². The zero-order chi connectivity index (χ0) is 14.8. The summed E-state index contributed by atoms with van der Waals surface area (Å²) in [7, 11) is 2.07. The number of likely N-dealkylation sites (N-methyl/N-ethyl adjacent to an activating group) is 1. The first-order valence-electron chi connectivity index (χ1n) is 6.97. The van der Waals surface area contributed by atoms with Crippen molar-refractivity contribution in [3.05, 3.63) is 46.6 Å². The van der Waals surface area contributed by atoms with Crippen LogP contribution in [0.3, 0.4) is 0 Å². The minimum atomic E-state index is -0.0218. The molecule has 21 heavy (non-hydrogen) atoms. The topological polar surface area (TPSA) is 36.7 Å². The molecule has 0 saturated carbocycles. The van der Waals surface area contributed by atoms with Gasteiger partial charge in [0.05, 0.1) is 0 Å². The van der Waals surface area contributed by atoms with E-state index < -0.39 is 0 Å². The second kappa shape index (κ2) is 6.03. The molecule has 5 heteroatoms. The van der Waals surface area contributed by atoms with E-state index in [0.717, 1.165) is 42.0 Å². The van der Waals surface area contributed by atoms with Crippen LogP contribution in [0.15, 0.2) is 45.3 Å². The number of halogens is 1. The van der Waals surface area contributed by atoms with E-state index in [2.05, 4.69) is 27.9 Å². The molecule has 0 bridgehead atoms. The molecular formula is C16H17BrN2O2. The molecule has 0 atom stereocenters. The average Bonchev–Trinajstić information content (AvgIpc) is 2.98. The number of nitrogens with zero attached hydrogens (tertiary/aromatic N) is 2. The minimum Gasteiger partial charge on any atom is -0.451 e.